The summed E-state index contributed by atoms with van der Waals surface area (Å²) in [5.74, 6) is -0.0991. The van der Waals surface area contributed by atoms with Gasteiger partial charge in [0.15, 0.2) is 0 Å². The smallest absolute Gasteiger partial charge is 0.229 e. The number of rotatable bonds is 4. The molecular formula is C16H25ClN2O2. The number of carbonyl (C=O) groups is 1. The van der Waals surface area contributed by atoms with Crippen LogP contribution in [0.3, 0.4) is 0 Å². The summed E-state index contributed by atoms with van der Waals surface area (Å²) in [5, 5.41) is 11.8. The summed E-state index contributed by atoms with van der Waals surface area (Å²) >= 11 is 0. The van der Waals surface area contributed by atoms with E-state index in [4.69, 9.17) is 10.8 Å². The third kappa shape index (κ3) is 4.70. The molecule has 4 nitrogen and oxygen atoms in total. The molecule has 5 heteroatoms. The Morgan fingerprint density at radius 2 is 2.05 bits per heavy atom. The van der Waals surface area contributed by atoms with Gasteiger partial charge in [0.05, 0.1) is 5.92 Å². The van der Waals surface area contributed by atoms with Crippen LogP contribution < -0.4 is 11.1 Å². The number of nitrogens with two attached hydrogens (primary N) is 1. The molecule has 0 aromatic heterocycles. The van der Waals surface area contributed by atoms with Crippen LogP contribution >= 0.6 is 12.4 Å². The van der Waals surface area contributed by atoms with Crippen LogP contribution in [-0.2, 0) is 11.2 Å². The molecule has 118 valence electrons. The zero-order valence-electron chi connectivity index (χ0n) is 12.5. The molecule has 0 spiro atoms. The molecule has 1 fully saturated rings. The van der Waals surface area contributed by atoms with Gasteiger partial charge in [-0.15, -0.1) is 12.4 Å². The molecule has 4 N–H and O–H groups in total. The number of aliphatic hydroxyl groups is 1. The molecular weight excluding hydrogens is 288 g/mol. The zero-order valence-corrected chi connectivity index (χ0v) is 13.3. The van der Waals surface area contributed by atoms with Crippen LogP contribution in [0.15, 0.2) is 24.3 Å². The van der Waals surface area contributed by atoms with Gasteiger partial charge >= 0.3 is 0 Å². The summed E-state index contributed by atoms with van der Waals surface area (Å²) in [6.07, 6.45) is 4.58. The maximum Gasteiger partial charge on any atom is 0.229 e. The predicted molar refractivity (Wildman–Crippen MR) is 87.7 cm³/mol. The van der Waals surface area contributed by atoms with Crippen molar-refractivity contribution in [3.63, 3.8) is 0 Å². The molecule has 0 aliphatic heterocycles. The van der Waals surface area contributed by atoms with E-state index in [2.05, 4.69) is 5.32 Å². The van der Waals surface area contributed by atoms with Crippen molar-refractivity contribution in [2.45, 2.75) is 44.6 Å². The minimum Gasteiger partial charge on any atom is -0.396 e. The van der Waals surface area contributed by atoms with Crippen LogP contribution in [0.4, 0.5) is 5.69 Å². The third-order valence-corrected chi connectivity index (χ3v) is 4.19. The van der Waals surface area contributed by atoms with E-state index >= 15 is 0 Å². The molecule has 21 heavy (non-hydrogen) atoms. The molecule has 1 amide bonds. The molecule has 1 aliphatic carbocycles. The molecule has 0 radical (unpaired) electrons. The lowest BCUT2D eigenvalue weighted by Gasteiger charge is -2.37. The van der Waals surface area contributed by atoms with Crippen molar-refractivity contribution in [3.8, 4) is 0 Å². The monoisotopic (exact) mass is 312 g/mol. The summed E-state index contributed by atoms with van der Waals surface area (Å²) < 4.78 is 0. The maximum absolute atomic E-state index is 12.4. The highest BCUT2D eigenvalue weighted by atomic mass is 35.5. The first kappa shape index (κ1) is 18.0. The number of aliphatic hydroxyl groups excluding tert-OH is 1. The van der Waals surface area contributed by atoms with Gasteiger partial charge in [-0.1, -0.05) is 25.0 Å². The van der Waals surface area contributed by atoms with Gasteiger partial charge in [0.25, 0.3) is 0 Å². The summed E-state index contributed by atoms with van der Waals surface area (Å²) in [6, 6.07) is 7.60. The maximum atomic E-state index is 12.4. The van der Waals surface area contributed by atoms with Gasteiger partial charge in [0.2, 0.25) is 5.91 Å². The van der Waals surface area contributed by atoms with E-state index in [-0.39, 0.29) is 30.8 Å². The van der Waals surface area contributed by atoms with Crippen LogP contribution in [0.25, 0.3) is 0 Å². The number of nitrogens with one attached hydrogen (secondary N) is 1. The zero-order chi connectivity index (χ0) is 14.6. The van der Waals surface area contributed by atoms with E-state index < -0.39 is 5.54 Å². The molecule has 2 atom stereocenters. The number of benzene rings is 1. The van der Waals surface area contributed by atoms with Crippen molar-refractivity contribution in [2.24, 2.45) is 11.7 Å². The Morgan fingerprint density at radius 1 is 1.38 bits per heavy atom. The number of hydrogen-bond donors (Lipinski definition) is 3. The van der Waals surface area contributed by atoms with Crippen molar-refractivity contribution in [3.05, 3.63) is 29.8 Å². The summed E-state index contributed by atoms with van der Waals surface area (Å²) in [4.78, 5) is 12.4. The molecule has 1 saturated carbocycles. The van der Waals surface area contributed by atoms with Crippen LogP contribution in [0.1, 0.15) is 38.2 Å². The summed E-state index contributed by atoms with van der Waals surface area (Å²) in [7, 11) is 0. The first-order valence-electron chi connectivity index (χ1n) is 7.32. The van der Waals surface area contributed by atoms with E-state index in [0.717, 1.165) is 36.9 Å². The molecule has 0 bridgehead atoms. The summed E-state index contributed by atoms with van der Waals surface area (Å²) in [6.45, 7) is 2.11. The van der Waals surface area contributed by atoms with Crippen molar-refractivity contribution < 1.29 is 9.90 Å². The Bertz CT molecular complexity index is 460. The normalized spacial score (nSPS) is 25.0. The lowest BCUT2D eigenvalue weighted by Crippen LogP contribution is -2.51. The quantitative estimate of drug-likeness (QED) is 0.799. The van der Waals surface area contributed by atoms with E-state index in [9.17, 15) is 4.79 Å². The van der Waals surface area contributed by atoms with Gasteiger partial charge in [-0.2, -0.15) is 0 Å². The second-order valence-corrected chi connectivity index (χ2v) is 5.96. The lowest BCUT2D eigenvalue weighted by molar-refractivity contribution is -0.122. The van der Waals surface area contributed by atoms with E-state index in [1.165, 1.54) is 0 Å². The minimum absolute atomic E-state index is 0. The molecule has 2 rings (SSSR count). The van der Waals surface area contributed by atoms with Crippen molar-refractivity contribution in [1.29, 1.82) is 0 Å². The fraction of sp³-hybridized carbons (Fsp3) is 0.562. The van der Waals surface area contributed by atoms with Crippen molar-refractivity contribution in [1.82, 2.24) is 0 Å². The number of hydrogen-bond acceptors (Lipinski definition) is 3. The first-order valence-corrected chi connectivity index (χ1v) is 7.32. The van der Waals surface area contributed by atoms with Gasteiger partial charge < -0.3 is 16.2 Å². The highest BCUT2D eigenvalue weighted by Gasteiger charge is 2.37. The van der Waals surface area contributed by atoms with Gasteiger partial charge in [-0.25, -0.2) is 0 Å². The lowest BCUT2D eigenvalue weighted by atomic mass is 9.74. The Balaban J connectivity index is 0.00000220. The van der Waals surface area contributed by atoms with Crippen LogP contribution in [0.5, 0.6) is 0 Å². The average molecular weight is 313 g/mol. The fourth-order valence-corrected chi connectivity index (χ4v) is 2.90. The van der Waals surface area contributed by atoms with Gasteiger partial charge in [0, 0.05) is 17.8 Å². The number of halogens is 1. The Labute approximate surface area is 132 Å². The van der Waals surface area contributed by atoms with Gasteiger partial charge in [-0.3, -0.25) is 4.79 Å². The number of anilines is 1. The average Bonchev–Trinajstić information content (AvgIpc) is 2.40. The molecule has 1 aromatic carbocycles. The Kier molecular flexibility index (Phi) is 6.65. The van der Waals surface area contributed by atoms with Gasteiger partial charge in [0.1, 0.15) is 0 Å². The summed E-state index contributed by atoms with van der Waals surface area (Å²) in [5.41, 5.74) is 7.70. The highest BCUT2D eigenvalue weighted by molar-refractivity contribution is 5.93. The van der Waals surface area contributed by atoms with Crippen LogP contribution in [0, 0.1) is 5.92 Å². The van der Waals surface area contributed by atoms with E-state index in [1.54, 1.807) is 0 Å². The third-order valence-electron chi connectivity index (χ3n) is 4.19. The SMILES string of the molecule is CC1(N)CCCCC1C(=O)Nc1ccc(CCO)cc1.Cl. The second kappa shape index (κ2) is 7.78. The molecule has 1 aromatic rings. The first-order chi connectivity index (χ1) is 9.53. The van der Waals surface area contributed by atoms with Crippen LogP contribution in [0.2, 0.25) is 0 Å². The molecule has 0 heterocycles. The standard InChI is InChI=1S/C16H24N2O2.ClH/c1-16(17)10-3-2-4-14(16)15(20)18-13-7-5-12(6-8-13)9-11-19;/h5-8,14,19H,2-4,9-11,17H2,1H3,(H,18,20);1H. The predicted octanol–water partition coefficient (Wildman–Crippen LogP) is 2.49. The largest absolute Gasteiger partial charge is 0.396 e. The Morgan fingerprint density at radius 3 is 2.62 bits per heavy atom. The van der Waals surface area contributed by atoms with Gasteiger partial charge in [-0.05, 0) is 43.9 Å². The van der Waals surface area contributed by atoms with Crippen molar-refractivity contribution in [2.75, 3.05) is 11.9 Å². The van der Waals surface area contributed by atoms with Crippen molar-refractivity contribution >= 4 is 24.0 Å². The number of carbonyl (C=O) groups excluding carboxylic acids is 1. The number of amides is 1. The minimum atomic E-state index is -0.404. The fourth-order valence-electron chi connectivity index (χ4n) is 2.90. The van der Waals surface area contributed by atoms with E-state index in [0.29, 0.717) is 6.42 Å². The van der Waals surface area contributed by atoms with Crippen LogP contribution in [-0.4, -0.2) is 23.2 Å². The highest BCUT2D eigenvalue weighted by Crippen LogP contribution is 2.32. The van der Waals surface area contributed by atoms with E-state index in [1.807, 2.05) is 31.2 Å². The Hall–Kier alpha value is -1.10. The second-order valence-electron chi connectivity index (χ2n) is 5.96. The topological polar surface area (TPSA) is 75.4 Å². The molecule has 0 saturated heterocycles. The molecule has 2 unspecified atom stereocenters. The molecule has 1 aliphatic rings.